The minimum absolute atomic E-state index is 0.143. The zero-order valence-electron chi connectivity index (χ0n) is 15.5. The van der Waals surface area contributed by atoms with Crippen LogP contribution in [0.3, 0.4) is 0 Å². The predicted molar refractivity (Wildman–Crippen MR) is 110 cm³/mol. The molecule has 2 amide bonds. The molecule has 0 aromatic heterocycles. The second kappa shape index (κ2) is 10.3. The molecule has 6 heteroatoms. The van der Waals surface area contributed by atoms with E-state index < -0.39 is 6.04 Å². The minimum atomic E-state index is -0.562. The first-order chi connectivity index (χ1) is 13.0. The van der Waals surface area contributed by atoms with Gasteiger partial charge in [0.05, 0.1) is 6.42 Å². The number of benzene rings is 2. The van der Waals surface area contributed by atoms with Crippen LogP contribution in [0.15, 0.2) is 48.5 Å². The van der Waals surface area contributed by atoms with E-state index in [1.54, 1.807) is 23.1 Å². The predicted octanol–water partition coefficient (Wildman–Crippen LogP) is 4.48. The second-order valence-electron chi connectivity index (χ2n) is 6.24. The normalized spacial score (nSPS) is 11.7. The zero-order chi connectivity index (χ0) is 19.8. The molecular weight excluding hydrogens is 383 g/mol. The summed E-state index contributed by atoms with van der Waals surface area (Å²) in [6, 6.07) is 14.0. The van der Waals surface area contributed by atoms with E-state index in [-0.39, 0.29) is 24.8 Å². The first kappa shape index (κ1) is 21.3. The highest BCUT2D eigenvalue weighted by Gasteiger charge is 2.28. The molecule has 0 fully saturated rings. The Balaban J connectivity index is 2.31. The summed E-state index contributed by atoms with van der Waals surface area (Å²) >= 11 is 12.3. The van der Waals surface area contributed by atoms with Gasteiger partial charge in [0.2, 0.25) is 11.8 Å². The van der Waals surface area contributed by atoms with Crippen LogP contribution in [-0.2, 0) is 22.6 Å². The van der Waals surface area contributed by atoms with Gasteiger partial charge in [0.15, 0.2) is 0 Å². The van der Waals surface area contributed by atoms with E-state index in [0.717, 1.165) is 11.1 Å². The molecule has 2 aromatic carbocycles. The van der Waals surface area contributed by atoms with Gasteiger partial charge in [-0.1, -0.05) is 60.5 Å². The largest absolute Gasteiger partial charge is 0.355 e. The van der Waals surface area contributed by atoms with Crippen LogP contribution in [0.25, 0.3) is 0 Å². The molecule has 0 aliphatic carbocycles. The van der Waals surface area contributed by atoms with Crippen molar-refractivity contribution in [2.24, 2.45) is 0 Å². The Morgan fingerprint density at radius 1 is 1.07 bits per heavy atom. The number of hydrogen-bond acceptors (Lipinski definition) is 2. The molecule has 4 nitrogen and oxygen atoms in total. The number of rotatable bonds is 8. The minimum Gasteiger partial charge on any atom is -0.355 e. The SMILES string of the molecule is CCNC(=O)[C@@H](CC)N(Cc1ccccc1Cl)C(=O)Cc1cccc(Cl)c1. The van der Waals surface area contributed by atoms with Crippen LogP contribution < -0.4 is 5.32 Å². The highest BCUT2D eigenvalue weighted by molar-refractivity contribution is 6.31. The molecule has 0 saturated heterocycles. The lowest BCUT2D eigenvalue weighted by atomic mass is 10.1. The summed E-state index contributed by atoms with van der Waals surface area (Å²) in [5.41, 5.74) is 1.61. The Kier molecular flexibility index (Phi) is 8.14. The van der Waals surface area contributed by atoms with E-state index in [2.05, 4.69) is 5.32 Å². The van der Waals surface area contributed by atoms with E-state index in [1.807, 2.05) is 44.2 Å². The van der Waals surface area contributed by atoms with Crippen molar-refractivity contribution in [2.45, 2.75) is 39.3 Å². The first-order valence-corrected chi connectivity index (χ1v) is 9.76. The van der Waals surface area contributed by atoms with Crippen molar-refractivity contribution >= 4 is 35.0 Å². The van der Waals surface area contributed by atoms with Crippen molar-refractivity contribution in [1.29, 1.82) is 0 Å². The zero-order valence-corrected chi connectivity index (χ0v) is 17.1. The molecule has 0 aliphatic heterocycles. The Bertz CT molecular complexity index is 795. The fourth-order valence-corrected chi connectivity index (χ4v) is 3.35. The third kappa shape index (κ3) is 5.98. The van der Waals surface area contributed by atoms with Gasteiger partial charge in [-0.3, -0.25) is 9.59 Å². The second-order valence-corrected chi connectivity index (χ2v) is 7.08. The Morgan fingerprint density at radius 2 is 1.81 bits per heavy atom. The highest BCUT2D eigenvalue weighted by atomic mass is 35.5. The van der Waals surface area contributed by atoms with Gasteiger partial charge in [0.1, 0.15) is 6.04 Å². The van der Waals surface area contributed by atoms with E-state index in [1.165, 1.54) is 0 Å². The van der Waals surface area contributed by atoms with Gasteiger partial charge >= 0.3 is 0 Å². The summed E-state index contributed by atoms with van der Waals surface area (Å²) in [5.74, 6) is -0.304. The van der Waals surface area contributed by atoms with Gasteiger partial charge in [-0.05, 0) is 42.7 Å². The van der Waals surface area contributed by atoms with Crippen molar-refractivity contribution in [2.75, 3.05) is 6.54 Å². The third-order valence-corrected chi connectivity index (χ3v) is 4.88. The lowest BCUT2D eigenvalue weighted by molar-refractivity contribution is -0.140. The van der Waals surface area contributed by atoms with Crippen molar-refractivity contribution in [3.8, 4) is 0 Å². The summed E-state index contributed by atoms with van der Waals surface area (Å²) in [4.78, 5) is 27.3. The summed E-state index contributed by atoms with van der Waals surface area (Å²) in [6.07, 6.45) is 0.679. The molecule has 0 bridgehead atoms. The van der Waals surface area contributed by atoms with Crippen LogP contribution in [0.2, 0.25) is 10.0 Å². The van der Waals surface area contributed by atoms with Crippen LogP contribution in [0.5, 0.6) is 0 Å². The molecule has 2 aromatic rings. The topological polar surface area (TPSA) is 49.4 Å². The number of amides is 2. The fourth-order valence-electron chi connectivity index (χ4n) is 2.94. The summed E-state index contributed by atoms with van der Waals surface area (Å²) in [5, 5.41) is 3.97. The average molecular weight is 407 g/mol. The van der Waals surface area contributed by atoms with Gasteiger partial charge in [-0.2, -0.15) is 0 Å². The van der Waals surface area contributed by atoms with Crippen molar-refractivity contribution in [3.63, 3.8) is 0 Å². The monoisotopic (exact) mass is 406 g/mol. The number of carbonyl (C=O) groups is 2. The molecule has 0 spiro atoms. The molecule has 0 unspecified atom stereocenters. The standard InChI is InChI=1S/C21H24Cl2N2O2/c1-3-19(21(27)24-4-2)25(14-16-9-5-6-11-18(16)23)20(26)13-15-8-7-10-17(22)12-15/h5-12,19H,3-4,13-14H2,1-2H3,(H,24,27)/t19-/m1/s1. The maximum Gasteiger partial charge on any atom is 0.242 e. The lowest BCUT2D eigenvalue weighted by Crippen LogP contribution is -2.49. The van der Waals surface area contributed by atoms with E-state index in [9.17, 15) is 9.59 Å². The number of nitrogens with one attached hydrogen (secondary N) is 1. The quantitative estimate of drug-likeness (QED) is 0.702. The van der Waals surface area contributed by atoms with Crippen LogP contribution in [0.4, 0.5) is 0 Å². The molecule has 1 N–H and O–H groups in total. The maximum atomic E-state index is 13.1. The van der Waals surface area contributed by atoms with Crippen molar-refractivity contribution < 1.29 is 9.59 Å². The van der Waals surface area contributed by atoms with Gasteiger partial charge in [0.25, 0.3) is 0 Å². The number of likely N-dealkylation sites (N-methyl/N-ethyl adjacent to an activating group) is 1. The Labute approximate surface area is 170 Å². The molecular formula is C21H24Cl2N2O2. The van der Waals surface area contributed by atoms with Gasteiger partial charge in [-0.25, -0.2) is 0 Å². The van der Waals surface area contributed by atoms with Crippen LogP contribution in [0.1, 0.15) is 31.4 Å². The molecule has 2 rings (SSSR count). The first-order valence-electron chi connectivity index (χ1n) is 9.01. The van der Waals surface area contributed by atoms with Crippen LogP contribution in [-0.4, -0.2) is 29.3 Å². The van der Waals surface area contributed by atoms with Gasteiger partial charge < -0.3 is 10.2 Å². The van der Waals surface area contributed by atoms with Crippen LogP contribution >= 0.6 is 23.2 Å². The molecule has 27 heavy (non-hydrogen) atoms. The van der Waals surface area contributed by atoms with Crippen LogP contribution in [0, 0.1) is 0 Å². The highest BCUT2D eigenvalue weighted by Crippen LogP contribution is 2.21. The summed E-state index contributed by atoms with van der Waals surface area (Å²) < 4.78 is 0. The maximum absolute atomic E-state index is 13.1. The lowest BCUT2D eigenvalue weighted by Gasteiger charge is -2.31. The van der Waals surface area contributed by atoms with Gasteiger partial charge in [0, 0.05) is 23.1 Å². The van der Waals surface area contributed by atoms with E-state index in [4.69, 9.17) is 23.2 Å². The number of carbonyl (C=O) groups excluding carboxylic acids is 2. The number of nitrogens with zero attached hydrogens (tertiary/aromatic N) is 1. The smallest absolute Gasteiger partial charge is 0.242 e. The van der Waals surface area contributed by atoms with E-state index >= 15 is 0 Å². The van der Waals surface area contributed by atoms with Crippen molar-refractivity contribution in [3.05, 3.63) is 69.7 Å². The Morgan fingerprint density at radius 3 is 2.44 bits per heavy atom. The number of hydrogen-bond donors (Lipinski definition) is 1. The molecule has 0 radical (unpaired) electrons. The van der Waals surface area contributed by atoms with Gasteiger partial charge in [-0.15, -0.1) is 0 Å². The molecule has 1 atom stereocenters. The number of halogens is 2. The molecule has 0 saturated carbocycles. The molecule has 0 aliphatic rings. The van der Waals surface area contributed by atoms with E-state index in [0.29, 0.717) is 23.0 Å². The summed E-state index contributed by atoms with van der Waals surface area (Å²) in [7, 11) is 0. The average Bonchev–Trinajstić information content (AvgIpc) is 2.63. The molecule has 144 valence electrons. The molecule has 0 heterocycles. The summed E-state index contributed by atoms with van der Waals surface area (Å²) in [6.45, 7) is 4.54. The fraction of sp³-hybridized carbons (Fsp3) is 0.333. The third-order valence-electron chi connectivity index (χ3n) is 4.28. The van der Waals surface area contributed by atoms with Crippen molar-refractivity contribution in [1.82, 2.24) is 10.2 Å². The Hall–Kier alpha value is -2.04.